The summed E-state index contributed by atoms with van der Waals surface area (Å²) in [4.78, 5) is 16.4. The van der Waals surface area contributed by atoms with Gasteiger partial charge >= 0.3 is 0 Å². The van der Waals surface area contributed by atoms with E-state index in [-0.39, 0.29) is 11.8 Å². The summed E-state index contributed by atoms with van der Waals surface area (Å²) >= 11 is 0. The van der Waals surface area contributed by atoms with Gasteiger partial charge in [0, 0.05) is 30.0 Å². The molecule has 1 aliphatic rings. The molecule has 8 nitrogen and oxygen atoms in total. The number of nitrogens with zero attached hydrogens (tertiary/aromatic N) is 5. The number of methoxy groups -OCH3 is 1. The number of aryl methyl sites for hydroxylation is 2. The van der Waals surface area contributed by atoms with Crippen molar-refractivity contribution in [2.24, 2.45) is 0 Å². The zero-order valence-electron chi connectivity index (χ0n) is 16.3. The summed E-state index contributed by atoms with van der Waals surface area (Å²) in [6.45, 7) is 5.45. The Morgan fingerprint density at radius 3 is 2.93 bits per heavy atom. The molecule has 1 aliphatic heterocycles. The molecule has 0 spiro atoms. The average Bonchev–Trinajstić information content (AvgIpc) is 3.30. The molecule has 0 fully saturated rings. The number of ether oxygens (including phenoxy) is 1. The van der Waals surface area contributed by atoms with E-state index in [1.54, 1.807) is 18.1 Å². The molecular formula is C20H24N6O2. The smallest absolute Gasteiger partial charge is 0.226 e. The molecule has 4 rings (SSSR count). The van der Waals surface area contributed by atoms with Crippen LogP contribution in [-0.4, -0.2) is 37.6 Å². The number of hydrogen-bond acceptors (Lipinski definition) is 5. The van der Waals surface area contributed by atoms with Gasteiger partial charge in [0.2, 0.25) is 5.91 Å². The summed E-state index contributed by atoms with van der Waals surface area (Å²) in [5, 5.41) is 11.9. The minimum Gasteiger partial charge on any atom is -0.496 e. The predicted octanol–water partition coefficient (Wildman–Crippen LogP) is 2.72. The summed E-state index contributed by atoms with van der Waals surface area (Å²) in [6.07, 6.45) is 4.55. The quantitative estimate of drug-likeness (QED) is 0.710. The van der Waals surface area contributed by atoms with E-state index in [4.69, 9.17) is 4.74 Å². The second-order valence-electron chi connectivity index (χ2n) is 7.04. The van der Waals surface area contributed by atoms with Gasteiger partial charge in [-0.25, -0.2) is 14.3 Å². The third-order valence-electron chi connectivity index (χ3n) is 5.11. The average molecular weight is 380 g/mol. The molecule has 8 heteroatoms. The van der Waals surface area contributed by atoms with E-state index in [2.05, 4.69) is 33.5 Å². The summed E-state index contributed by atoms with van der Waals surface area (Å²) in [5.74, 6) is 1.60. The first-order valence-electron chi connectivity index (χ1n) is 9.47. The Morgan fingerprint density at radius 2 is 2.21 bits per heavy atom. The Kier molecular flexibility index (Phi) is 4.85. The van der Waals surface area contributed by atoms with Crippen LogP contribution in [0.15, 0.2) is 30.9 Å². The lowest BCUT2D eigenvalue weighted by Gasteiger charge is -2.25. The third-order valence-corrected chi connectivity index (χ3v) is 5.11. The monoisotopic (exact) mass is 380 g/mol. The van der Waals surface area contributed by atoms with Gasteiger partial charge < -0.3 is 10.1 Å². The molecule has 0 saturated carbocycles. The molecule has 1 aromatic carbocycles. The fourth-order valence-electron chi connectivity index (χ4n) is 3.90. The number of fused-ring (bicyclic) bond motifs is 1. The molecule has 28 heavy (non-hydrogen) atoms. The van der Waals surface area contributed by atoms with Gasteiger partial charge in [0.1, 0.15) is 24.2 Å². The molecule has 0 radical (unpaired) electrons. The Hall–Kier alpha value is -3.16. The number of carbonyl (C=O) groups excluding carboxylic acids is 1. The van der Waals surface area contributed by atoms with Crippen LogP contribution in [-0.2, 0) is 17.9 Å². The van der Waals surface area contributed by atoms with Gasteiger partial charge in [0.15, 0.2) is 0 Å². The Balaban J connectivity index is 1.76. The van der Waals surface area contributed by atoms with Crippen LogP contribution in [0.5, 0.6) is 5.75 Å². The van der Waals surface area contributed by atoms with Gasteiger partial charge in [-0.05, 0) is 31.0 Å². The first-order valence-corrected chi connectivity index (χ1v) is 9.47. The minimum atomic E-state index is -0.0326. The van der Waals surface area contributed by atoms with Gasteiger partial charge in [-0.1, -0.05) is 13.0 Å². The summed E-state index contributed by atoms with van der Waals surface area (Å²) in [6, 6.07) is 6.09. The maximum absolute atomic E-state index is 12.4. The van der Waals surface area contributed by atoms with E-state index in [0.29, 0.717) is 13.0 Å². The Bertz CT molecular complexity index is 993. The number of carbonyl (C=O) groups is 1. The molecular weight excluding hydrogens is 356 g/mol. The van der Waals surface area contributed by atoms with Crippen molar-refractivity contribution >= 4 is 11.7 Å². The number of anilines is 1. The molecule has 0 aliphatic carbocycles. The second-order valence-corrected chi connectivity index (χ2v) is 7.04. The molecule has 0 bridgehead atoms. The van der Waals surface area contributed by atoms with E-state index in [0.717, 1.165) is 46.9 Å². The van der Waals surface area contributed by atoms with Crippen molar-refractivity contribution < 1.29 is 9.53 Å². The first-order chi connectivity index (χ1) is 13.6. The van der Waals surface area contributed by atoms with Crippen LogP contribution in [0.2, 0.25) is 0 Å². The number of benzene rings is 1. The van der Waals surface area contributed by atoms with E-state index in [9.17, 15) is 4.79 Å². The van der Waals surface area contributed by atoms with Crippen molar-refractivity contribution in [2.45, 2.75) is 45.7 Å². The minimum absolute atomic E-state index is 0.0170. The van der Waals surface area contributed by atoms with Crippen molar-refractivity contribution in [3.05, 3.63) is 53.2 Å². The van der Waals surface area contributed by atoms with Crippen LogP contribution < -0.4 is 10.1 Å². The number of hydrogen-bond donors (Lipinski definition) is 1. The van der Waals surface area contributed by atoms with Crippen LogP contribution in [0.1, 0.15) is 48.1 Å². The van der Waals surface area contributed by atoms with Crippen LogP contribution in [0.3, 0.4) is 0 Å². The van der Waals surface area contributed by atoms with Crippen molar-refractivity contribution in [1.29, 1.82) is 0 Å². The molecule has 1 N–H and O–H groups in total. The van der Waals surface area contributed by atoms with Crippen LogP contribution in [0, 0.1) is 6.92 Å². The lowest BCUT2D eigenvalue weighted by Crippen LogP contribution is -2.25. The molecule has 3 aromatic rings. The summed E-state index contributed by atoms with van der Waals surface area (Å²) in [7, 11) is 1.66. The Morgan fingerprint density at radius 1 is 1.36 bits per heavy atom. The zero-order chi connectivity index (χ0) is 19.7. The maximum atomic E-state index is 12.4. The Labute approximate surface area is 163 Å². The summed E-state index contributed by atoms with van der Waals surface area (Å²) < 4.78 is 9.20. The molecule has 3 heterocycles. The van der Waals surface area contributed by atoms with Gasteiger partial charge in [-0.2, -0.15) is 10.2 Å². The first kappa shape index (κ1) is 18.2. The predicted molar refractivity (Wildman–Crippen MR) is 104 cm³/mol. The highest BCUT2D eigenvalue weighted by Gasteiger charge is 2.32. The highest BCUT2D eigenvalue weighted by Crippen LogP contribution is 2.40. The van der Waals surface area contributed by atoms with Crippen molar-refractivity contribution in [3.63, 3.8) is 0 Å². The van der Waals surface area contributed by atoms with Crippen LogP contribution in [0.4, 0.5) is 5.82 Å². The highest BCUT2D eigenvalue weighted by molar-refractivity contribution is 5.94. The fourth-order valence-corrected chi connectivity index (χ4v) is 3.90. The van der Waals surface area contributed by atoms with E-state index >= 15 is 0 Å². The molecule has 146 valence electrons. The lowest BCUT2D eigenvalue weighted by molar-refractivity contribution is -0.116. The third kappa shape index (κ3) is 3.26. The molecule has 1 atom stereocenters. The SMILES string of the molecule is CCCn1nc(C)c2c1NC(=O)CC2c1ccc(OC)c(Cn2cncn2)c1. The normalized spacial score (nSPS) is 16.0. The van der Waals surface area contributed by atoms with Gasteiger partial charge in [-0.15, -0.1) is 0 Å². The van der Waals surface area contributed by atoms with Crippen molar-refractivity contribution in [3.8, 4) is 5.75 Å². The standard InChI is InChI=1S/C20H24N6O2/c1-4-7-26-20-19(13(2)24-26)16(9-18(27)23-20)14-5-6-17(28-3)15(8-14)10-25-12-21-11-22-25/h5-6,8,11-12,16H,4,7,9-10H2,1-3H3,(H,23,27). The number of amides is 1. The number of aromatic nitrogens is 5. The molecule has 1 amide bonds. The number of nitrogens with one attached hydrogen (secondary N) is 1. The van der Waals surface area contributed by atoms with Gasteiger partial charge in [-0.3, -0.25) is 4.79 Å². The summed E-state index contributed by atoms with van der Waals surface area (Å²) in [5.41, 5.74) is 4.13. The number of rotatable bonds is 6. The highest BCUT2D eigenvalue weighted by atomic mass is 16.5. The van der Waals surface area contributed by atoms with Crippen molar-refractivity contribution in [2.75, 3.05) is 12.4 Å². The topological polar surface area (TPSA) is 86.9 Å². The second kappa shape index (κ2) is 7.46. The zero-order valence-corrected chi connectivity index (χ0v) is 16.3. The van der Waals surface area contributed by atoms with E-state index < -0.39 is 0 Å². The van der Waals surface area contributed by atoms with Gasteiger partial charge in [0.05, 0.1) is 19.3 Å². The van der Waals surface area contributed by atoms with E-state index in [1.807, 2.05) is 23.7 Å². The largest absolute Gasteiger partial charge is 0.496 e. The van der Waals surface area contributed by atoms with Gasteiger partial charge in [0.25, 0.3) is 0 Å². The van der Waals surface area contributed by atoms with Crippen molar-refractivity contribution in [1.82, 2.24) is 24.5 Å². The maximum Gasteiger partial charge on any atom is 0.226 e. The molecule has 2 aromatic heterocycles. The van der Waals surface area contributed by atoms with Crippen LogP contribution >= 0.6 is 0 Å². The molecule has 1 unspecified atom stereocenters. The fraction of sp³-hybridized carbons (Fsp3) is 0.400. The molecule has 0 saturated heterocycles. The van der Waals surface area contributed by atoms with E-state index in [1.165, 1.54) is 6.33 Å². The van der Waals surface area contributed by atoms with Crippen LogP contribution in [0.25, 0.3) is 0 Å². The lowest BCUT2D eigenvalue weighted by atomic mass is 9.85.